The molecule has 2 aromatic carbocycles. The van der Waals surface area contributed by atoms with Gasteiger partial charge in [-0.25, -0.2) is 19.0 Å². The number of thiazole rings is 1. The van der Waals surface area contributed by atoms with Crippen LogP contribution in [0.4, 0.5) is 19.1 Å². The van der Waals surface area contributed by atoms with E-state index in [2.05, 4.69) is 10.3 Å². The molecule has 0 saturated carbocycles. The summed E-state index contributed by atoms with van der Waals surface area (Å²) < 4.78 is 31.9. The molecular weight excluding hydrogens is 622 g/mol. The zero-order valence-electron chi connectivity index (χ0n) is 24.5. The Labute approximate surface area is 262 Å². The minimum Gasteiger partial charge on any atom is -0.489 e. The molecule has 0 aliphatic carbocycles. The standard InChI is InChI=1S/C29H31Cl2FN4O6S/c1-28(2,3)41-26(38)34-25-33-21-15(7-8-18(32)23(21)43-25)19-17(30)11-16-22(20(19)31)40-13-14-12-35(9-10-36(14)24(16)37)27(39)42-29(4,5)6/h7-8,11,14H,9-10,12-13H2,1-6H3,(H,33,34,38)/t14-/m0/s1. The SMILES string of the molecule is CC(C)(C)OC(=O)Nc1nc2c(-c3c(Cl)cc4c(c3Cl)OC[C@@H]3CN(C(=O)OC(C)(C)C)CCN3C4=O)ccc(F)c2s1. The van der Waals surface area contributed by atoms with Crippen molar-refractivity contribution in [2.75, 3.05) is 31.6 Å². The van der Waals surface area contributed by atoms with Crippen LogP contribution in [0.2, 0.25) is 10.0 Å². The number of carbonyl (C=O) groups excluding carboxylic acids is 3. The van der Waals surface area contributed by atoms with E-state index in [4.69, 9.17) is 37.4 Å². The van der Waals surface area contributed by atoms with Crippen molar-refractivity contribution in [1.29, 1.82) is 0 Å². The summed E-state index contributed by atoms with van der Waals surface area (Å²) in [7, 11) is 0. The summed E-state index contributed by atoms with van der Waals surface area (Å²) >= 11 is 14.6. The first-order valence-electron chi connectivity index (χ1n) is 13.6. The van der Waals surface area contributed by atoms with E-state index in [1.165, 1.54) is 18.2 Å². The van der Waals surface area contributed by atoms with Gasteiger partial charge in [-0.15, -0.1) is 0 Å². The molecule has 1 aromatic heterocycles. The average molecular weight is 654 g/mol. The molecule has 43 heavy (non-hydrogen) atoms. The molecule has 3 heterocycles. The van der Waals surface area contributed by atoms with Crippen LogP contribution >= 0.6 is 34.5 Å². The molecule has 14 heteroatoms. The van der Waals surface area contributed by atoms with Crippen LogP contribution in [0.5, 0.6) is 5.75 Å². The lowest BCUT2D eigenvalue weighted by Crippen LogP contribution is -2.58. The Morgan fingerprint density at radius 2 is 1.79 bits per heavy atom. The minimum atomic E-state index is -0.737. The first kappa shape index (κ1) is 31.1. The molecular formula is C29H31Cl2FN4O6S. The second-order valence-electron chi connectivity index (χ2n) is 12.2. The molecule has 0 bridgehead atoms. The van der Waals surface area contributed by atoms with E-state index >= 15 is 0 Å². The molecule has 1 saturated heterocycles. The van der Waals surface area contributed by atoms with Crippen LogP contribution in [0.3, 0.4) is 0 Å². The fourth-order valence-corrected chi connectivity index (χ4v) is 6.46. The number of aromatic nitrogens is 1. The van der Waals surface area contributed by atoms with Gasteiger partial charge in [0.1, 0.15) is 23.6 Å². The van der Waals surface area contributed by atoms with Gasteiger partial charge in [0.2, 0.25) is 0 Å². The van der Waals surface area contributed by atoms with Crippen molar-refractivity contribution in [2.45, 2.75) is 58.8 Å². The number of hydrogen-bond donors (Lipinski definition) is 1. The van der Waals surface area contributed by atoms with Crippen molar-refractivity contribution in [3.8, 4) is 16.9 Å². The predicted molar refractivity (Wildman–Crippen MR) is 163 cm³/mol. The minimum absolute atomic E-state index is 0.0576. The van der Waals surface area contributed by atoms with E-state index in [0.29, 0.717) is 17.7 Å². The van der Waals surface area contributed by atoms with Crippen molar-refractivity contribution in [3.05, 3.63) is 39.6 Å². The smallest absolute Gasteiger partial charge is 0.413 e. The topological polar surface area (TPSA) is 110 Å². The second kappa shape index (κ2) is 11.3. The van der Waals surface area contributed by atoms with Gasteiger partial charge in [-0.05, 0) is 59.7 Å². The fourth-order valence-electron chi connectivity index (χ4n) is 4.86. The number of benzene rings is 2. The van der Waals surface area contributed by atoms with Crippen molar-refractivity contribution in [3.63, 3.8) is 0 Å². The molecule has 3 amide bonds. The maximum atomic E-state index is 14.9. The molecule has 0 radical (unpaired) electrons. The number of ether oxygens (including phenoxy) is 3. The van der Waals surface area contributed by atoms with Gasteiger partial charge in [0.05, 0.1) is 31.9 Å². The van der Waals surface area contributed by atoms with Crippen LogP contribution in [-0.4, -0.2) is 76.4 Å². The number of nitrogens with zero attached hydrogens (tertiary/aromatic N) is 3. The number of hydrogen-bond acceptors (Lipinski definition) is 8. The summed E-state index contributed by atoms with van der Waals surface area (Å²) in [4.78, 5) is 46.3. The summed E-state index contributed by atoms with van der Waals surface area (Å²) in [6.07, 6.45) is -1.20. The van der Waals surface area contributed by atoms with Gasteiger partial charge in [-0.2, -0.15) is 0 Å². The molecule has 5 rings (SSSR count). The molecule has 0 spiro atoms. The van der Waals surface area contributed by atoms with E-state index in [0.717, 1.165) is 11.3 Å². The number of anilines is 1. The van der Waals surface area contributed by atoms with E-state index < -0.39 is 35.2 Å². The number of rotatable bonds is 2. The van der Waals surface area contributed by atoms with Crippen LogP contribution < -0.4 is 10.1 Å². The van der Waals surface area contributed by atoms with Gasteiger partial charge in [0.15, 0.2) is 10.9 Å². The number of carbonyl (C=O) groups is 3. The molecule has 1 fully saturated rings. The molecule has 10 nitrogen and oxygen atoms in total. The highest BCUT2D eigenvalue weighted by atomic mass is 35.5. The summed E-state index contributed by atoms with van der Waals surface area (Å²) in [6.45, 7) is 11.4. The summed E-state index contributed by atoms with van der Waals surface area (Å²) in [6, 6.07) is 3.76. The number of amides is 3. The van der Waals surface area contributed by atoms with Crippen molar-refractivity contribution in [1.82, 2.24) is 14.8 Å². The zero-order chi connectivity index (χ0) is 31.4. The highest BCUT2D eigenvalue weighted by Crippen LogP contribution is 2.47. The summed E-state index contributed by atoms with van der Waals surface area (Å²) in [5.41, 5.74) is -0.321. The maximum absolute atomic E-state index is 14.9. The third-order valence-electron chi connectivity index (χ3n) is 6.59. The van der Waals surface area contributed by atoms with Crippen molar-refractivity contribution < 1.29 is 33.0 Å². The molecule has 1 atom stereocenters. The normalized spacial score (nSPS) is 17.1. The van der Waals surface area contributed by atoms with Crippen LogP contribution in [0, 0.1) is 5.82 Å². The Kier molecular flexibility index (Phi) is 8.16. The largest absolute Gasteiger partial charge is 0.489 e. The molecule has 2 aliphatic rings. The highest BCUT2D eigenvalue weighted by Gasteiger charge is 2.39. The molecule has 3 aromatic rings. The van der Waals surface area contributed by atoms with Gasteiger partial charge < -0.3 is 24.0 Å². The lowest BCUT2D eigenvalue weighted by molar-refractivity contribution is 0.000947. The van der Waals surface area contributed by atoms with E-state index in [1.54, 1.807) is 51.3 Å². The highest BCUT2D eigenvalue weighted by molar-refractivity contribution is 7.22. The van der Waals surface area contributed by atoms with Gasteiger partial charge in [-0.3, -0.25) is 10.1 Å². The van der Waals surface area contributed by atoms with Gasteiger partial charge in [-0.1, -0.05) is 34.5 Å². The van der Waals surface area contributed by atoms with Gasteiger partial charge >= 0.3 is 12.2 Å². The lowest BCUT2D eigenvalue weighted by atomic mass is 10.0. The van der Waals surface area contributed by atoms with Crippen LogP contribution in [0.1, 0.15) is 51.9 Å². The van der Waals surface area contributed by atoms with E-state index in [1.807, 2.05) is 0 Å². The number of piperazine rings is 1. The molecule has 1 N–H and O–H groups in total. The Hall–Kier alpha value is -3.35. The third-order valence-corrected chi connectivity index (χ3v) is 8.23. The molecule has 0 unspecified atom stereocenters. The monoisotopic (exact) mass is 652 g/mol. The zero-order valence-corrected chi connectivity index (χ0v) is 26.8. The average Bonchev–Trinajstić information content (AvgIpc) is 3.25. The Bertz CT molecular complexity index is 1630. The van der Waals surface area contributed by atoms with Gasteiger partial charge in [0.25, 0.3) is 5.91 Å². The number of fused-ring (bicyclic) bond motifs is 3. The van der Waals surface area contributed by atoms with Crippen LogP contribution in [-0.2, 0) is 9.47 Å². The summed E-state index contributed by atoms with van der Waals surface area (Å²) in [5, 5.41) is 2.85. The van der Waals surface area contributed by atoms with E-state index in [9.17, 15) is 18.8 Å². The number of halogens is 3. The summed E-state index contributed by atoms with van der Waals surface area (Å²) in [5.74, 6) is -0.754. The van der Waals surface area contributed by atoms with Crippen LogP contribution in [0.25, 0.3) is 21.3 Å². The number of nitrogens with one attached hydrogen (secondary N) is 1. The maximum Gasteiger partial charge on any atom is 0.413 e. The van der Waals surface area contributed by atoms with Crippen molar-refractivity contribution in [2.24, 2.45) is 0 Å². The third kappa shape index (κ3) is 6.46. The second-order valence-corrected chi connectivity index (χ2v) is 14.0. The Morgan fingerprint density at radius 1 is 1.09 bits per heavy atom. The Morgan fingerprint density at radius 3 is 2.47 bits per heavy atom. The lowest BCUT2D eigenvalue weighted by Gasteiger charge is -2.40. The first-order chi connectivity index (χ1) is 20.0. The Balaban J connectivity index is 1.48. The van der Waals surface area contributed by atoms with Crippen molar-refractivity contribution >= 4 is 68.0 Å². The quantitative estimate of drug-likeness (QED) is 0.311. The van der Waals surface area contributed by atoms with E-state index in [-0.39, 0.29) is 62.3 Å². The molecule has 2 aliphatic heterocycles. The van der Waals surface area contributed by atoms with Gasteiger partial charge in [0, 0.05) is 30.8 Å². The predicted octanol–water partition coefficient (Wildman–Crippen LogP) is 7.21. The van der Waals surface area contributed by atoms with Crippen LogP contribution in [0.15, 0.2) is 18.2 Å². The first-order valence-corrected chi connectivity index (χ1v) is 15.1. The fraction of sp³-hybridized carbons (Fsp3) is 0.448. The molecule has 230 valence electrons.